The van der Waals surface area contributed by atoms with Crippen LogP contribution >= 0.6 is 11.6 Å². The second kappa shape index (κ2) is 15.4. The van der Waals surface area contributed by atoms with E-state index in [1.165, 1.54) is 22.4 Å². The van der Waals surface area contributed by atoms with Crippen LogP contribution in [0.3, 0.4) is 0 Å². The van der Waals surface area contributed by atoms with Crippen LogP contribution in [0.2, 0.25) is 5.02 Å². The van der Waals surface area contributed by atoms with E-state index >= 15 is 0 Å². The lowest BCUT2D eigenvalue weighted by Crippen LogP contribution is -2.30. The van der Waals surface area contributed by atoms with Gasteiger partial charge in [-0.2, -0.15) is 0 Å². The standard InChI is InChI=1S/C30H39ClN2O2.CH2O2/c1-3-10-24-20-26(31)14-15-27(24)25-21-33-18-8-6-4-5-7-17-32(2)30(34)12-9-11-23-13-16-29(35-22-25)28(33)19-23;2-1-3/h5,7,13-16,19-20,25H,3-4,6,8-12,17-18,21-22H2,1-2H3;1H,(H,2,3)/b7-5+;. The number of allylic oxidation sites excluding steroid dienone is 1. The van der Waals surface area contributed by atoms with Crippen molar-refractivity contribution in [2.24, 2.45) is 0 Å². The van der Waals surface area contributed by atoms with Crippen LogP contribution in [0.4, 0.5) is 5.69 Å². The number of hydrogen-bond donors (Lipinski definition) is 1. The molecule has 6 nitrogen and oxygen atoms in total. The fourth-order valence-electron chi connectivity index (χ4n) is 5.21. The fraction of sp³-hybridized carbons (Fsp3) is 0.484. The molecule has 4 rings (SSSR count). The Kier molecular flexibility index (Phi) is 12.0. The third-order valence-electron chi connectivity index (χ3n) is 7.19. The van der Waals surface area contributed by atoms with E-state index in [1.54, 1.807) is 0 Å². The lowest BCUT2D eigenvalue weighted by atomic mass is 9.92. The summed E-state index contributed by atoms with van der Waals surface area (Å²) in [4.78, 5) is 25.2. The molecule has 0 radical (unpaired) electrons. The summed E-state index contributed by atoms with van der Waals surface area (Å²) in [5.41, 5.74) is 5.18. The zero-order chi connectivity index (χ0) is 27.3. The van der Waals surface area contributed by atoms with E-state index in [4.69, 9.17) is 26.2 Å². The number of carbonyl (C=O) groups excluding carboxylic acids is 1. The SMILES string of the molecule is CCCc1cc(Cl)ccc1C1COc2ccc3cc2N(CCCC/C=C/CN(C)C(=O)CCC3)C1.O=CO. The normalized spacial score (nSPS) is 19.4. The summed E-state index contributed by atoms with van der Waals surface area (Å²) in [7, 11) is 1.90. The minimum absolute atomic E-state index is 0.218. The molecule has 0 fully saturated rings. The Balaban J connectivity index is 0.00000127. The Morgan fingerprint density at radius 2 is 1.92 bits per heavy atom. The molecule has 2 aromatic rings. The molecule has 38 heavy (non-hydrogen) atoms. The van der Waals surface area contributed by atoms with Gasteiger partial charge in [0.1, 0.15) is 5.75 Å². The van der Waals surface area contributed by atoms with Gasteiger partial charge in [-0.25, -0.2) is 0 Å². The summed E-state index contributed by atoms with van der Waals surface area (Å²) >= 11 is 6.36. The predicted octanol–water partition coefficient (Wildman–Crippen LogP) is 6.50. The van der Waals surface area contributed by atoms with Crippen molar-refractivity contribution in [2.45, 2.75) is 64.2 Å². The summed E-state index contributed by atoms with van der Waals surface area (Å²) in [6.45, 7) is 5.29. The Hall–Kier alpha value is -2.99. The molecule has 1 amide bonds. The number of amides is 1. The molecule has 206 valence electrons. The number of fused-ring (bicyclic) bond motifs is 1. The summed E-state index contributed by atoms with van der Waals surface area (Å²) in [6.07, 6.45) is 12.1. The van der Waals surface area contributed by atoms with Crippen LogP contribution in [0.1, 0.15) is 68.1 Å². The minimum atomic E-state index is -0.250. The van der Waals surface area contributed by atoms with Crippen molar-refractivity contribution in [1.82, 2.24) is 4.90 Å². The molecule has 2 aliphatic heterocycles. The molecule has 0 spiro atoms. The first-order valence-electron chi connectivity index (χ1n) is 13.7. The third kappa shape index (κ3) is 8.52. The predicted molar refractivity (Wildman–Crippen MR) is 155 cm³/mol. The highest BCUT2D eigenvalue weighted by Crippen LogP contribution is 2.37. The van der Waals surface area contributed by atoms with Crippen molar-refractivity contribution in [1.29, 1.82) is 0 Å². The topological polar surface area (TPSA) is 70.1 Å². The number of nitrogens with zero attached hydrogens (tertiary/aromatic N) is 2. The van der Waals surface area contributed by atoms with Crippen LogP contribution < -0.4 is 9.64 Å². The Morgan fingerprint density at radius 3 is 2.71 bits per heavy atom. The first-order valence-corrected chi connectivity index (χ1v) is 14.1. The molecule has 0 aliphatic carbocycles. The Labute approximate surface area is 232 Å². The number of benzene rings is 2. The highest BCUT2D eigenvalue weighted by atomic mass is 35.5. The number of anilines is 1. The molecule has 2 heterocycles. The van der Waals surface area contributed by atoms with Gasteiger partial charge in [0, 0.05) is 44.0 Å². The van der Waals surface area contributed by atoms with Gasteiger partial charge in [-0.1, -0.05) is 49.2 Å². The number of likely N-dealkylation sites (N-methyl/N-ethyl adjacent to an activating group) is 1. The van der Waals surface area contributed by atoms with E-state index in [2.05, 4.69) is 54.3 Å². The number of rotatable bonds is 3. The number of ether oxygens (including phenoxy) is 1. The maximum absolute atomic E-state index is 12.5. The summed E-state index contributed by atoms with van der Waals surface area (Å²) in [5, 5.41) is 7.70. The van der Waals surface area contributed by atoms with E-state index in [-0.39, 0.29) is 12.4 Å². The zero-order valence-electron chi connectivity index (χ0n) is 22.7. The molecular formula is C31H41ClN2O4. The van der Waals surface area contributed by atoms with Gasteiger partial charge in [-0.15, -0.1) is 0 Å². The number of halogens is 1. The second-order valence-electron chi connectivity index (χ2n) is 10.0. The van der Waals surface area contributed by atoms with Gasteiger partial charge < -0.3 is 19.6 Å². The minimum Gasteiger partial charge on any atom is -0.491 e. The molecule has 0 saturated carbocycles. The average Bonchev–Trinajstić information content (AvgIpc) is 3.07. The van der Waals surface area contributed by atoms with Crippen LogP contribution in [-0.2, 0) is 22.4 Å². The summed E-state index contributed by atoms with van der Waals surface area (Å²) in [6, 6.07) is 13.0. The number of aryl methyl sites for hydroxylation is 2. The van der Waals surface area contributed by atoms with Crippen molar-refractivity contribution < 1.29 is 19.4 Å². The van der Waals surface area contributed by atoms with Crippen molar-refractivity contribution >= 4 is 29.7 Å². The van der Waals surface area contributed by atoms with Crippen LogP contribution in [-0.4, -0.2) is 55.7 Å². The number of hydrogen-bond acceptors (Lipinski definition) is 4. The van der Waals surface area contributed by atoms with Crippen LogP contribution in [0.25, 0.3) is 0 Å². The highest BCUT2D eigenvalue weighted by Gasteiger charge is 2.26. The van der Waals surface area contributed by atoms with E-state index in [9.17, 15) is 4.79 Å². The Bertz CT molecular complexity index is 1090. The van der Waals surface area contributed by atoms with Crippen molar-refractivity contribution in [3.63, 3.8) is 0 Å². The van der Waals surface area contributed by atoms with Gasteiger partial charge in [0.2, 0.25) is 5.91 Å². The summed E-state index contributed by atoms with van der Waals surface area (Å²) in [5.74, 6) is 1.48. The number of carboxylic acid groups (broad SMARTS) is 1. The van der Waals surface area contributed by atoms with Crippen molar-refractivity contribution in [3.05, 3.63) is 70.3 Å². The molecule has 0 saturated heterocycles. The molecule has 1 N–H and O–H groups in total. The fourth-order valence-corrected chi connectivity index (χ4v) is 5.40. The number of carbonyl (C=O) groups is 2. The molecule has 2 bridgehead atoms. The lowest BCUT2D eigenvalue weighted by Gasteiger charge is -2.28. The molecule has 1 atom stereocenters. The van der Waals surface area contributed by atoms with Crippen LogP contribution in [0.15, 0.2) is 48.6 Å². The van der Waals surface area contributed by atoms with Crippen molar-refractivity contribution in [3.8, 4) is 5.75 Å². The zero-order valence-corrected chi connectivity index (χ0v) is 23.5. The van der Waals surface area contributed by atoms with Gasteiger partial charge in [0.25, 0.3) is 6.47 Å². The maximum Gasteiger partial charge on any atom is 0.290 e. The molecule has 2 aliphatic rings. The van der Waals surface area contributed by atoms with E-state index in [1.807, 2.05) is 18.0 Å². The van der Waals surface area contributed by atoms with Gasteiger partial charge in [0.15, 0.2) is 0 Å². The Morgan fingerprint density at radius 1 is 1.11 bits per heavy atom. The van der Waals surface area contributed by atoms with Gasteiger partial charge in [-0.3, -0.25) is 9.59 Å². The highest BCUT2D eigenvalue weighted by molar-refractivity contribution is 6.30. The van der Waals surface area contributed by atoms with Crippen LogP contribution in [0.5, 0.6) is 5.75 Å². The smallest absolute Gasteiger partial charge is 0.290 e. The lowest BCUT2D eigenvalue weighted by molar-refractivity contribution is -0.129. The van der Waals surface area contributed by atoms with Gasteiger partial charge >= 0.3 is 0 Å². The molecular weight excluding hydrogens is 500 g/mol. The summed E-state index contributed by atoms with van der Waals surface area (Å²) < 4.78 is 6.43. The van der Waals surface area contributed by atoms with E-state index in [0.717, 1.165) is 68.8 Å². The average molecular weight is 541 g/mol. The second-order valence-corrected chi connectivity index (χ2v) is 10.5. The van der Waals surface area contributed by atoms with Gasteiger partial charge in [0.05, 0.1) is 12.3 Å². The maximum atomic E-state index is 12.5. The molecule has 2 aromatic carbocycles. The first kappa shape index (κ1) is 29.6. The molecule has 7 heteroatoms. The van der Waals surface area contributed by atoms with E-state index < -0.39 is 0 Å². The molecule has 1 unspecified atom stereocenters. The third-order valence-corrected chi connectivity index (χ3v) is 7.42. The quantitative estimate of drug-likeness (QED) is 0.355. The largest absolute Gasteiger partial charge is 0.491 e. The van der Waals surface area contributed by atoms with Gasteiger partial charge in [-0.05, 0) is 79.5 Å². The molecule has 0 aromatic heterocycles. The monoisotopic (exact) mass is 540 g/mol. The van der Waals surface area contributed by atoms with Crippen molar-refractivity contribution in [2.75, 3.05) is 38.2 Å². The van der Waals surface area contributed by atoms with Crippen LogP contribution in [0, 0.1) is 0 Å². The first-order chi connectivity index (χ1) is 18.5. The van der Waals surface area contributed by atoms with E-state index in [0.29, 0.717) is 25.5 Å².